The molecule has 0 unspecified atom stereocenters. The number of hydrogen-bond acceptors (Lipinski definition) is 1. The zero-order valence-corrected chi connectivity index (χ0v) is 7.91. The molecule has 0 saturated carbocycles. The third-order valence-corrected chi connectivity index (χ3v) is 1.70. The summed E-state index contributed by atoms with van der Waals surface area (Å²) in [5.74, 6) is 0.0338. The van der Waals surface area contributed by atoms with Crippen LogP contribution < -0.4 is 0 Å². The number of methoxy groups -OCH3 is 1. The number of ether oxygens (including phenoxy) is 1. The number of hydrogen-bond donors (Lipinski definition) is 0. The quantitative estimate of drug-likeness (QED) is 0.464. The zero-order chi connectivity index (χ0) is 9.72. The van der Waals surface area contributed by atoms with Crippen molar-refractivity contribution < 1.29 is 9.13 Å². The summed E-state index contributed by atoms with van der Waals surface area (Å²) in [6.07, 6.45) is 0.744. The Kier molecular flexibility index (Phi) is 4.34. The van der Waals surface area contributed by atoms with Gasteiger partial charge in [0.2, 0.25) is 0 Å². The van der Waals surface area contributed by atoms with Crippen molar-refractivity contribution in [3.8, 4) is 0 Å². The van der Waals surface area contributed by atoms with Crippen LogP contribution >= 0.6 is 0 Å². The Labute approximate surface area is 73.2 Å². The molecule has 0 radical (unpaired) electrons. The van der Waals surface area contributed by atoms with Gasteiger partial charge in [-0.25, -0.2) is 4.39 Å². The highest BCUT2D eigenvalue weighted by Crippen LogP contribution is 2.21. The van der Waals surface area contributed by atoms with Crippen molar-refractivity contribution in [3.63, 3.8) is 0 Å². The van der Waals surface area contributed by atoms with E-state index in [0.717, 1.165) is 12.0 Å². The number of halogens is 1. The molecule has 0 saturated heterocycles. The van der Waals surface area contributed by atoms with Crippen LogP contribution in [-0.4, -0.2) is 7.11 Å². The first kappa shape index (κ1) is 11.0. The predicted molar refractivity (Wildman–Crippen MR) is 49.4 cm³/mol. The normalized spacial score (nSPS) is 12.0. The van der Waals surface area contributed by atoms with Crippen LogP contribution in [0.5, 0.6) is 0 Å². The minimum Gasteiger partial charge on any atom is -0.496 e. The lowest BCUT2D eigenvalue weighted by molar-refractivity contribution is 0.294. The van der Waals surface area contributed by atoms with Crippen molar-refractivity contribution >= 4 is 0 Å². The lowest BCUT2D eigenvalue weighted by Crippen LogP contribution is -1.95. The van der Waals surface area contributed by atoms with Crippen molar-refractivity contribution in [1.29, 1.82) is 0 Å². The Hall–Kier alpha value is -1.05. The summed E-state index contributed by atoms with van der Waals surface area (Å²) in [6.45, 7) is 10.5. The molecule has 2 heteroatoms. The van der Waals surface area contributed by atoms with Crippen LogP contribution in [0.3, 0.4) is 0 Å². The van der Waals surface area contributed by atoms with Gasteiger partial charge < -0.3 is 4.74 Å². The van der Waals surface area contributed by atoms with Gasteiger partial charge in [-0.1, -0.05) is 20.1 Å². The van der Waals surface area contributed by atoms with E-state index >= 15 is 0 Å². The Bertz CT molecular complexity index is 226. The van der Waals surface area contributed by atoms with E-state index in [1.54, 1.807) is 6.92 Å². The molecule has 0 aliphatic heterocycles. The molecular weight excluding hydrogens is 155 g/mol. The minimum atomic E-state index is -0.471. The monoisotopic (exact) mass is 170 g/mol. The highest BCUT2D eigenvalue weighted by atomic mass is 19.1. The maximum atomic E-state index is 12.7. The van der Waals surface area contributed by atoms with E-state index in [1.807, 2.05) is 6.92 Å². The fourth-order valence-electron chi connectivity index (χ4n) is 0.846. The first-order valence-electron chi connectivity index (χ1n) is 3.82. The Morgan fingerprint density at radius 1 is 1.42 bits per heavy atom. The second kappa shape index (κ2) is 4.75. The third-order valence-electron chi connectivity index (χ3n) is 1.70. The molecule has 0 N–H and O–H groups in total. The highest BCUT2D eigenvalue weighted by Gasteiger charge is 2.07. The van der Waals surface area contributed by atoms with Crippen LogP contribution in [-0.2, 0) is 4.74 Å². The van der Waals surface area contributed by atoms with Crippen LogP contribution in [0.15, 0.2) is 35.9 Å². The molecule has 0 amide bonds. The molecule has 12 heavy (non-hydrogen) atoms. The molecule has 0 atom stereocenters. The molecule has 0 aromatic heterocycles. The summed E-state index contributed by atoms with van der Waals surface area (Å²) in [7, 11) is 1.50. The molecule has 0 rings (SSSR count). The standard InChI is InChI=1S/C10H15FO/c1-6-7(2)10(12-5)8(3)9(4)11/h2,4,6H2,1,3,5H3/b10-8+. The lowest BCUT2D eigenvalue weighted by Gasteiger charge is -2.10. The largest absolute Gasteiger partial charge is 0.496 e. The van der Waals surface area contributed by atoms with Crippen molar-refractivity contribution in [1.82, 2.24) is 0 Å². The van der Waals surface area contributed by atoms with Gasteiger partial charge in [0.05, 0.1) is 7.11 Å². The fraction of sp³-hybridized carbons (Fsp3) is 0.400. The van der Waals surface area contributed by atoms with Crippen LogP contribution in [0.1, 0.15) is 20.3 Å². The highest BCUT2D eigenvalue weighted by molar-refractivity contribution is 5.34. The van der Waals surface area contributed by atoms with Crippen molar-refractivity contribution in [2.24, 2.45) is 0 Å². The summed E-state index contributed by atoms with van der Waals surface area (Å²) in [6, 6.07) is 0. The van der Waals surface area contributed by atoms with Gasteiger partial charge in [-0.2, -0.15) is 0 Å². The minimum absolute atomic E-state index is 0.421. The fourth-order valence-corrected chi connectivity index (χ4v) is 0.846. The third kappa shape index (κ3) is 2.53. The van der Waals surface area contributed by atoms with Crippen LogP contribution in [0, 0.1) is 0 Å². The maximum absolute atomic E-state index is 12.7. The van der Waals surface area contributed by atoms with Gasteiger partial charge in [0.15, 0.2) is 0 Å². The summed E-state index contributed by atoms with van der Waals surface area (Å²) < 4.78 is 17.7. The molecule has 0 aromatic carbocycles. The van der Waals surface area contributed by atoms with Gasteiger partial charge in [0.1, 0.15) is 11.6 Å². The molecule has 0 fully saturated rings. The van der Waals surface area contributed by atoms with Gasteiger partial charge in [0, 0.05) is 5.57 Å². The number of rotatable bonds is 4. The zero-order valence-electron chi connectivity index (χ0n) is 7.91. The molecule has 0 aromatic rings. The molecule has 68 valence electrons. The van der Waals surface area contributed by atoms with E-state index in [-0.39, 0.29) is 0 Å². The first-order chi connectivity index (χ1) is 5.54. The summed E-state index contributed by atoms with van der Waals surface area (Å²) in [5, 5.41) is 0. The van der Waals surface area contributed by atoms with E-state index in [0.29, 0.717) is 11.3 Å². The summed E-state index contributed by atoms with van der Waals surface area (Å²) in [4.78, 5) is 0. The Balaban J connectivity index is 4.86. The SMILES string of the molecule is C=C(F)/C(C)=C(/OC)C(=C)CC. The van der Waals surface area contributed by atoms with Crippen molar-refractivity contribution in [2.45, 2.75) is 20.3 Å². The lowest BCUT2D eigenvalue weighted by atomic mass is 10.1. The van der Waals surface area contributed by atoms with Crippen LogP contribution in [0.4, 0.5) is 4.39 Å². The molecule has 0 bridgehead atoms. The molecule has 1 nitrogen and oxygen atoms in total. The van der Waals surface area contributed by atoms with E-state index in [1.165, 1.54) is 7.11 Å². The van der Waals surface area contributed by atoms with Gasteiger partial charge in [-0.3, -0.25) is 0 Å². The summed E-state index contributed by atoms with van der Waals surface area (Å²) >= 11 is 0. The smallest absolute Gasteiger partial charge is 0.127 e. The Morgan fingerprint density at radius 3 is 2.17 bits per heavy atom. The predicted octanol–water partition coefficient (Wildman–Crippen LogP) is 3.36. The number of allylic oxidation sites excluding steroid dienone is 3. The van der Waals surface area contributed by atoms with E-state index in [9.17, 15) is 4.39 Å². The van der Waals surface area contributed by atoms with E-state index in [4.69, 9.17) is 4.74 Å². The second-order valence-corrected chi connectivity index (χ2v) is 2.52. The van der Waals surface area contributed by atoms with Gasteiger partial charge in [0.25, 0.3) is 0 Å². The van der Waals surface area contributed by atoms with Crippen molar-refractivity contribution in [3.05, 3.63) is 35.9 Å². The summed E-state index contributed by atoms with van der Waals surface area (Å²) in [5.41, 5.74) is 1.21. The van der Waals surface area contributed by atoms with Crippen LogP contribution in [0.25, 0.3) is 0 Å². The molecule has 0 aliphatic rings. The molecular formula is C10H15FO. The Morgan fingerprint density at radius 2 is 1.92 bits per heavy atom. The second-order valence-electron chi connectivity index (χ2n) is 2.52. The molecule has 0 aliphatic carbocycles. The van der Waals surface area contributed by atoms with Crippen molar-refractivity contribution in [2.75, 3.05) is 7.11 Å². The van der Waals surface area contributed by atoms with Crippen LogP contribution in [0.2, 0.25) is 0 Å². The van der Waals surface area contributed by atoms with Gasteiger partial charge >= 0.3 is 0 Å². The molecule has 0 spiro atoms. The molecule has 0 heterocycles. The average molecular weight is 170 g/mol. The van der Waals surface area contributed by atoms with E-state index < -0.39 is 5.83 Å². The van der Waals surface area contributed by atoms with Gasteiger partial charge in [-0.05, 0) is 18.9 Å². The maximum Gasteiger partial charge on any atom is 0.127 e. The van der Waals surface area contributed by atoms with Gasteiger partial charge in [-0.15, -0.1) is 0 Å². The first-order valence-corrected chi connectivity index (χ1v) is 3.82. The average Bonchev–Trinajstić information content (AvgIpc) is 2.05. The topological polar surface area (TPSA) is 9.23 Å². The van der Waals surface area contributed by atoms with E-state index in [2.05, 4.69) is 13.2 Å².